The highest BCUT2D eigenvalue weighted by molar-refractivity contribution is 7.09. The van der Waals surface area contributed by atoms with Crippen molar-refractivity contribution in [2.75, 3.05) is 0 Å². The van der Waals surface area contributed by atoms with Gasteiger partial charge in [-0.05, 0) is 54.8 Å². The first-order valence-electron chi connectivity index (χ1n) is 9.00. The van der Waals surface area contributed by atoms with E-state index in [1.165, 1.54) is 0 Å². The zero-order valence-electron chi connectivity index (χ0n) is 15.6. The normalized spacial score (nSPS) is 11.1. The standard InChI is InChI=1S/C22H18F2N2O2S/c1-13-21(22(28)25-11-14-9-15(23)4-6-19(14)24)18-10-16(27)5-7-20(18)26(13)12-17-3-2-8-29-17/h2-10,27H,11-12H2,1H3,(H,25,28). The van der Waals surface area contributed by atoms with Gasteiger partial charge in [0.05, 0.1) is 12.1 Å². The first-order valence-corrected chi connectivity index (χ1v) is 9.88. The second-order valence-corrected chi connectivity index (χ2v) is 7.78. The fourth-order valence-electron chi connectivity index (χ4n) is 3.46. The van der Waals surface area contributed by atoms with Gasteiger partial charge < -0.3 is 15.0 Å². The van der Waals surface area contributed by atoms with E-state index in [4.69, 9.17) is 0 Å². The van der Waals surface area contributed by atoms with Crippen LogP contribution in [0.15, 0.2) is 53.9 Å². The Bertz CT molecular complexity index is 1200. The number of benzene rings is 2. The Morgan fingerprint density at radius 2 is 2.00 bits per heavy atom. The molecule has 2 aromatic carbocycles. The van der Waals surface area contributed by atoms with Gasteiger partial charge in [0.15, 0.2) is 0 Å². The van der Waals surface area contributed by atoms with Gasteiger partial charge in [0, 0.05) is 33.6 Å². The van der Waals surface area contributed by atoms with Crippen molar-refractivity contribution in [3.8, 4) is 5.75 Å². The Kier molecular flexibility index (Phi) is 5.07. The lowest BCUT2D eigenvalue weighted by Crippen LogP contribution is -2.24. The van der Waals surface area contributed by atoms with E-state index >= 15 is 0 Å². The molecule has 0 bridgehead atoms. The number of thiophene rings is 1. The van der Waals surface area contributed by atoms with Gasteiger partial charge >= 0.3 is 0 Å². The number of aromatic nitrogens is 1. The minimum Gasteiger partial charge on any atom is -0.508 e. The third-order valence-corrected chi connectivity index (χ3v) is 5.74. The summed E-state index contributed by atoms with van der Waals surface area (Å²) < 4.78 is 29.3. The van der Waals surface area contributed by atoms with Gasteiger partial charge in [0.2, 0.25) is 0 Å². The van der Waals surface area contributed by atoms with Crippen molar-refractivity contribution in [2.24, 2.45) is 0 Å². The SMILES string of the molecule is Cc1c(C(=O)NCc2cc(F)ccc2F)c2cc(O)ccc2n1Cc1cccs1. The molecule has 148 valence electrons. The maximum absolute atomic E-state index is 13.9. The number of phenols is 1. The zero-order valence-corrected chi connectivity index (χ0v) is 16.4. The van der Waals surface area contributed by atoms with Crippen LogP contribution in [-0.2, 0) is 13.1 Å². The van der Waals surface area contributed by atoms with Gasteiger partial charge in [0.1, 0.15) is 17.4 Å². The number of nitrogens with zero attached hydrogens (tertiary/aromatic N) is 1. The van der Waals surface area contributed by atoms with Crippen LogP contribution in [0.3, 0.4) is 0 Å². The number of hydrogen-bond acceptors (Lipinski definition) is 3. The number of fused-ring (bicyclic) bond motifs is 1. The topological polar surface area (TPSA) is 54.3 Å². The molecule has 0 saturated heterocycles. The fourth-order valence-corrected chi connectivity index (χ4v) is 4.15. The molecular weight excluding hydrogens is 394 g/mol. The number of carbonyl (C=O) groups excluding carboxylic acids is 1. The van der Waals surface area contributed by atoms with Crippen molar-refractivity contribution in [1.29, 1.82) is 0 Å². The lowest BCUT2D eigenvalue weighted by molar-refractivity contribution is 0.0951. The third kappa shape index (κ3) is 3.73. The first kappa shape index (κ1) is 19.1. The van der Waals surface area contributed by atoms with Crippen LogP contribution in [0.1, 0.15) is 26.5 Å². The van der Waals surface area contributed by atoms with E-state index in [1.54, 1.807) is 29.5 Å². The predicted octanol–water partition coefficient (Wildman–Crippen LogP) is 4.97. The van der Waals surface area contributed by atoms with E-state index in [1.807, 2.05) is 29.0 Å². The number of carbonyl (C=O) groups is 1. The Morgan fingerprint density at radius 3 is 2.76 bits per heavy atom. The largest absolute Gasteiger partial charge is 0.508 e. The average Bonchev–Trinajstić information content (AvgIpc) is 3.29. The molecule has 2 N–H and O–H groups in total. The van der Waals surface area contributed by atoms with Crippen molar-refractivity contribution in [1.82, 2.24) is 9.88 Å². The molecule has 29 heavy (non-hydrogen) atoms. The van der Waals surface area contributed by atoms with Crippen molar-refractivity contribution < 1.29 is 18.7 Å². The number of aromatic hydroxyl groups is 1. The summed E-state index contributed by atoms with van der Waals surface area (Å²) in [5.41, 5.74) is 2.03. The molecule has 7 heteroatoms. The summed E-state index contributed by atoms with van der Waals surface area (Å²) in [6, 6.07) is 12.0. The molecule has 1 amide bonds. The Labute approximate surface area is 170 Å². The summed E-state index contributed by atoms with van der Waals surface area (Å²) in [6.07, 6.45) is 0. The van der Waals surface area contributed by atoms with E-state index in [0.717, 1.165) is 34.3 Å². The Hall–Kier alpha value is -3.19. The van der Waals surface area contributed by atoms with Crippen LogP contribution in [0.25, 0.3) is 10.9 Å². The number of nitrogens with one attached hydrogen (secondary N) is 1. The van der Waals surface area contributed by atoms with Crippen LogP contribution in [0.5, 0.6) is 5.75 Å². The van der Waals surface area contributed by atoms with Crippen molar-refractivity contribution in [3.05, 3.63) is 87.2 Å². The molecule has 4 nitrogen and oxygen atoms in total. The van der Waals surface area contributed by atoms with Crippen LogP contribution in [-0.4, -0.2) is 15.6 Å². The molecule has 0 aliphatic heterocycles. The minimum absolute atomic E-state index is 0.0519. The molecule has 0 unspecified atom stereocenters. The zero-order chi connectivity index (χ0) is 20.5. The summed E-state index contributed by atoms with van der Waals surface area (Å²) in [4.78, 5) is 14.1. The summed E-state index contributed by atoms with van der Waals surface area (Å²) in [5.74, 6) is -1.51. The average molecular weight is 412 g/mol. The molecule has 0 saturated carbocycles. The van der Waals surface area contributed by atoms with Crippen molar-refractivity contribution in [2.45, 2.75) is 20.0 Å². The van der Waals surface area contributed by atoms with Gasteiger partial charge in [-0.3, -0.25) is 4.79 Å². The van der Waals surface area contributed by atoms with Gasteiger partial charge in [-0.1, -0.05) is 6.07 Å². The van der Waals surface area contributed by atoms with Gasteiger partial charge in [-0.15, -0.1) is 11.3 Å². The Balaban J connectivity index is 1.70. The number of halogens is 2. The number of phenolic OH excluding ortho intramolecular Hbond substituents is 1. The number of rotatable bonds is 5. The quantitative estimate of drug-likeness (QED) is 0.486. The summed E-state index contributed by atoms with van der Waals surface area (Å²) in [7, 11) is 0. The molecule has 0 aliphatic carbocycles. The molecule has 2 aromatic heterocycles. The molecule has 0 radical (unpaired) electrons. The van der Waals surface area contributed by atoms with Crippen molar-refractivity contribution in [3.63, 3.8) is 0 Å². The first-order chi connectivity index (χ1) is 13.9. The number of amides is 1. The summed E-state index contributed by atoms with van der Waals surface area (Å²) >= 11 is 1.62. The number of hydrogen-bond donors (Lipinski definition) is 2. The van der Waals surface area contributed by atoms with Crippen LogP contribution >= 0.6 is 11.3 Å². The van der Waals surface area contributed by atoms with E-state index in [0.29, 0.717) is 17.5 Å². The molecular formula is C22H18F2N2O2S. The van der Waals surface area contributed by atoms with E-state index in [2.05, 4.69) is 5.32 Å². The minimum atomic E-state index is -0.582. The van der Waals surface area contributed by atoms with Crippen LogP contribution in [0.2, 0.25) is 0 Å². The third-order valence-electron chi connectivity index (χ3n) is 4.88. The maximum atomic E-state index is 13.9. The summed E-state index contributed by atoms with van der Waals surface area (Å²) in [6.45, 7) is 2.29. The molecule has 2 heterocycles. The maximum Gasteiger partial charge on any atom is 0.254 e. The highest BCUT2D eigenvalue weighted by Crippen LogP contribution is 2.30. The lowest BCUT2D eigenvalue weighted by atomic mass is 10.1. The molecule has 0 atom stereocenters. The van der Waals surface area contributed by atoms with Gasteiger partial charge in [0.25, 0.3) is 5.91 Å². The second-order valence-electron chi connectivity index (χ2n) is 6.75. The molecule has 4 rings (SSSR count). The summed E-state index contributed by atoms with van der Waals surface area (Å²) in [5, 5.41) is 15.2. The van der Waals surface area contributed by atoms with E-state index < -0.39 is 17.5 Å². The Morgan fingerprint density at radius 1 is 1.17 bits per heavy atom. The highest BCUT2D eigenvalue weighted by atomic mass is 32.1. The fraction of sp³-hybridized carbons (Fsp3) is 0.136. The monoisotopic (exact) mass is 412 g/mol. The molecule has 0 spiro atoms. The molecule has 0 fully saturated rings. The molecule has 0 aliphatic rings. The van der Waals surface area contributed by atoms with Crippen LogP contribution in [0, 0.1) is 18.6 Å². The predicted molar refractivity (Wildman–Crippen MR) is 109 cm³/mol. The second kappa shape index (κ2) is 7.67. The highest BCUT2D eigenvalue weighted by Gasteiger charge is 2.21. The van der Waals surface area contributed by atoms with E-state index in [-0.39, 0.29) is 17.9 Å². The van der Waals surface area contributed by atoms with Gasteiger partial charge in [-0.2, -0.15) is 0 Å². The van der Waals surface area contributed by atoms with Crippen LogP contribution in [0.4, 0.5) is 8.78 Å². The smallest absolute Gasteiger partial charge is 0.254 e. The molecule has 4 aromatic rings. The van der Waals surface area contributed by atoms with Crippen LogP contribution < -0.4 is 5.32 Å². The lowest BCUT2D eigenvalue weighted by Gasteiger charge is -2.09. The van der Waals surface area contributed by atoms with E-state index in [9.17, 15) is 18.7 Å². The van der Waals surface area contributed by atoms with Crippen molar-refractivity contribution >= 4 is 28.1 Å². The van der Waals surface area contributed by atoms with Gasteiger partial charge in [-0.25, -0.2) is 8.78 Å².